The molecular weight excluding hydrogens is 417 g/mol. The summed E-state index contributed by atoms with van der Waals surface area (Å²) in [7, 11) is 0. The summed E-state index contributed by atoms with van der Waals surface area (Å²) in [5.74, 6) is -0.202. The summed E-state index contributed by atoms with van der Waals surface area (Å²) in [5, 5.41) is 3.45. The van der Waals surface area contributed by atoms with Gasteiger partial charge in [0.15, 0.2) is 0 Å². The minimum absolute atomic E-state index is 0.119. The number of hydrogen-bond donors (Lipinski definition) is 1. The number of nitrogens with one attached hydrogen (secondary N) is 1. The van der Waals surface area contributed by atoms with E-state index in [0.717, 1.165) is 48.6 Å². The van der Waals surface area contributed by atoms with Gasteiger partial charge < -0.3 is 15.0 Å². The summed E-state index contributed by atoms with van der Waals surface area (Å²) in [6.45, 7) is 2.34. The van der Waals surface area contributed by atoms with Crippen molar-refractivity contribution in [2.75, 3.05) is 23.4 Å². The molecule has 1 aliphatic carbocycles. The van der Waals surface area contributed by atoms with Crippen LogP contribution in [0.1, 0.15) is 18.4 Å². The van der Waals surface area contributed by atoms with Crippen LogP contribution in [0.15, 0.2) is 73.1 Å². The first-order chi connectivity index (χ1) is 15.4. The molecule has 1 spiro atoms. The van der Waals surface area contributed by atoms with Crippen LogP contribution in [-0.4, -0.2) is 35.0 Å². The molecule has 5 nitrogen and oxygen atoms in total. The van der Waals surface area contributed by atoms with E-state index in [1.165, 1.54) is 12.1 Å². The van der Waals surface area contributed by atoms with Gasteiger partial charge >= 0.3 is 6.36 Å². The lowest BCUT2D eigenvalue weighted by Crippen LogP contribution is -2.32. The Kier molecular flexibility index (Phi) is 5.17. The standard InChI is InChI=1S/C24H23F3N4O/c25-24(26,27)32-21-8-6-20(7-9-21)30-16-23(11-12-23)31(17-30)15-18-10-13-28-14-22(18)29-19-4-2-1-3-5-19/h1-10,13-14,29H,11-12,15-17H2. The van der Waals surface area contributed by atoms with Crippen molar-refractivity contribution in [2.24, 2.45) is 0 Å². The quantitative estimate of drug-likeness (QED) is 0.545. The van der Waals surface area contributed by atoms with Gasteiger partial charge in [-0.05, 0) is 60.9 Å². The molecule has 1 aromatic heterocycles. The van der Waals surface area contributed by atoms with E-state index in [1.807, 2.05) is 42.6 Å². The Bertz CT molecular complexity index is 1070. The van der Waals surface area contributed by atoms with Crippen molar-refractivity contribution in [2.45, 2.75) is 31.3 Å². The van der Waals surface area contributed by atoms with Gasteiger partial charge in [-0.1, -0.05) is 18.2 Å². The van der Waals surface area contributed by atoms with Crippen LogP contribution in [0.25, 0.3) is 0 Å². The Balaban J connectivity index is 1.30. The van der Waals surface area contributed by atoms with Crippen LogP contribution in [0.2, 0.25) is 0 Å². The highest BCUT2D eigenvalue weighted by atomic mass is 19.4. The van der Waals surface area contributed by atoms with Gasteiger partial charge in [0, 0.05) is 36.2 Å². The Morgan fingerprint density at radius 1 is 1.00 bits per heavy atom. The van der Waals surface area contributed by atoms with Gasteiger partial charge in [0.2, 0.25) is 0 Å². The van der Waals surface area contributed by atoms with Crippen molar-refractivity contribution >= 4 is 17.1 Å². The van der Waals surface area contributed by atoms with E-state index in [2.05, 4.69) is 24.8 Å². The third kappa shape index (κ3) is 4.50. The smallest absolute Gasteiger partial charge is 0.406 e. The van der Waals surface area contributed by atoms with Gasteiger partial charge in [0.1, 0.15) is 5.75 Å². The molecule has 0 radical (unpaired) electrons. The van der Waals surface area contributed by atoms with Crippen molar-refractivity contribution in [3.05, 3.63) is 78.6 Å². The van der Waals surface area contributed by atoms with Crippen LogP contribution < -0.4 is 15.0 Å². The lowest BCUT2D eigenvalue weighted by atomic mass is 10.1. The van der Waals surface area contributed by atoms with Gasteiger partial charge in [-0.2, -0.15) is 0 Å². The summed E-state index contributed by atoms with van der Waals surface area (Å²) in [4.78, 5) is 8.96. The third-order valence-corrected chi connectivity index (χ3v) is 6.09. The van der Waals surface area contributed by atoms with Crippen molar-refractivity contribution in [1.29, 1.82) is 0 Å². The molecule has 0 amide bonds. The largest absolute Gasteiger partial charge is 0.573 e. The zero-order valence-electron chi connectivity index (χ0n) is 17.3. The minimum atomic E-state index is -4.68. The number of rotatable bonds is 6. The molecule has 2 heterocycles. The number of nitrogens with zero attached hydrogens (tertiary/aromatic N) is 3. The monoisotopic (exact) mass is 440 g/mol. The molecular formula is C24H23F3N4O. The summed E-state index contributed by atoms with van der Waals surface area (Å²) in [6, 6.07) is 18.1. The Morgan fingerprint density at radius 3 is 2.44 bits per heavy atom. The van der Waals surface area contributed by atoms with E-state index in [-0.39, 0.29) is 11.3 Å². The molecule has 5 rings (SSSR count). The molecule has 0 bridgehead atoms. The second kappa shape index (κ2) is 8.02. The lowest BCUT2D eigenvalue weighted by molar-refractivity contribution is -0.274. The van der Waals surface area contributed by atoms with E-state index >= 15 is 0 Å². The molecule has 0 atom stereocenters. The molecule has 1 aliphatic heterocycles. The van der Waals surface area contributed by atoms with Crippen molar-refractivity contribution in [3.63, 3.8) is 0 Å². The molecule has 2 aliphatic rings. The average Bonchev–Trinajstić information content (AvgIpc) is 3.46. The molecule has 1 saturated carbocycles. The van der Waals surface area contributed by atoms with E-state index < -0.39 is 6.36 Å². The molecule has 2 aromatic carbocycles. The van der Waals surface area contributed by atoms with Crippen LogP contribution >= 0.6 is 0 Å². The first kappa shape index (κ1) is 20.6. The predicted octanol–water partition coefficient (Wildman–Crippen LogP) is 5.54. The summed E-state index contributed by atoms with van der Waals surface area (Å²) >= 11 is 0. The topological polar surface area (TPSA) is 40.6 Å². The van der Waals surface area contributed by atoms with Crippen molar-refractivity contribution in [3.8, 4) is 5.75 Å². The number of aromatic nitrogens is 1. The van der Waals surface area contributed by atoms with Gasteiger partial charge in [0.05, 0.1) is 18.6 Å². The molecule has 0 unspecified atom stereocenters. The average molecular weight is 440 g/mol. The molecule has 1 saturated heterocycles. The fourth-order valence-electron chi connectivity index (χ4n) is 4.29. The van der Waals surface area contributed by atoms with E-state index in [9.17, 15) is 13.2 Å². The van der Waals surface area contributed by atoms with Crippen LogP contribution in [0, 0.1) is 0 Å². The highest BCUT2D eigenvalue weighted by Gasteiger charge is 2.53. The Labute approximate surface area is 184 Å². The van der Waals surface area contributed by atoms with E-state index in [4.69, 9.17) is 0 Å². The van der Waals surface area contributed by atoms with Gasteiger partial charge in [-0.25, -0.2) is 0 Å². The van der Waals surface area contributed by atoms with Crippen molar-refractivity contribution < 1.29 is 17.9 Å². The van der Waals surface area contributed by atoms with Gasteiger partial charge in [0.25, 0.3) is 0 Å². The number of pyridine rings is 1. The fourth-order valence-corrected chi connectivity index (χ4v) is 4.29. The SMILES string of the molecule is FC(F)(F)Oc1ccc(N2CN(Cc3ccncc3Nc3ccccc3)C3(CC3)C2)cc1. The van der Waals surface area contributed by atoms with Crippen LogP contribution in [0.5, 0.6) is 5.75 Å². The van der Waals surface area contributed by atoms with Gasteiger partial charge in [-0.3, -0.25) is 9.88 Å². The maximum absolute atomic E-state index is 12.4. The summed E-state index contributed by atoms with van der Waals surface area (Å²) in [5.41, 5.74) is 4.15. The zero-order valence-corrected chi connectivity index (χ0v) is 17.3. The molecule has 3 aromatic rings. The second-order valence-corrected chi connectivity index (χ2v) is 8.33. The minimum Gasteiger partial charge on any atom is -0.406 e. The van der Waals surface area contributed by atoms with Crippen LogP contribution in [0.3, 0.4) is 0 Å². The van der Waals surface area contributed by atoms with Crippen molar-refractivity contribution in [1.82, 2.24) is 9.88 Å². The summed E-state index contributed by atoms with van der Waals surface area (Å²) in [6.07, 6.45) is 1.20. The number of hydrogen-bond acceptors (Lipinski definition) is 5. The number of anilines is 3. The predicted molar refractivity (Wildman–Crippen MR) is 117 cm³/mol. The number of benzene rings is 2. The molecule has 32 heavy (non-hydrogen) atoms. The lowest BCUT2D eigenvalue weighted by Gasteiger charge is -2.24. The van der Waals surface area contributed by atoms with Gasteiger partial charge in [-0.15, -0.1) is 13.2 Å². The maximum Gasteiger partial charge on any atom is 0.573 e. The first-order valence-electron chi connectivity index (χ1n) is 10.5. The second-order valence-electron chi connectivity index (χ2n) is 8.33. The molecule has 2 fully saturated rings. The van der Waals surface area contributed by atoms with Crippen LogP contribution in [0.4, 0.5) is 30.2 Å². The number of para-hydroxylation sites is 1. The Hall–Kier alpha value is -3.26. The third-order valence-electron chi connectivity index (χ3n) is 6.09. The maximum atomic E-state index is 12.4. The molecule has 1 N–H and O–H groups in total. The number of halogens is 3. The van der Waals surface area contributed by atoms with Crippen LogP contribution in [-0.2, 0) is 6.54 Å². The fraction of sp³-hybridized carbons (Fsp3) is 0.292. The molecule has 166 valence electrons. The van der Waals surface area contributed by atoms with E-state index in [1.54, 1.807) is 18.3 Å². The summed E-state index contributed by atoms with van der Waals surface area (Å²) < 4.78 is 41.3. The number of alkyl halides is 3. The zero-order chi connectivity index (χ0) is 22.2. The molecule has 8 heteroatoms. The first-order valence-corrected chi connectivity index (χ1v) is 10.5. The number of ether oxygens (including phenoxy) is 1. The normalized spacial score (nSPS) is 17.5. The highest BCUT2D eigenvalue weighted by molar-refractivity contribution is 5.62. The Morgan fingerprint density at radius 2 is 1.75 bits per heavy atom. The van der Waals surface area contributed by atoms with E-state index in [0.29, 0.717) is 6.67 Å². The highest BCUT2D eigenvalue weighted by Crippen LogP contribution is 2.48.